The quantitative estimate of drug-likeness (QED) is 0.687. The van der Waals surface area contributed by atoms with Crippen molar-refractivity contribution in [1.82, 2.24) is 10.6 Å². The minimum atomic E-state index is -0.466. The Morgan fingerprint density at radius 1 is 1.44 bits per heavy atom. The first-order valence-electron chi connectivity index (χ1n) is 6.92. The van der Waals surface area contributed by atoms with Crippen LogP contribution in [0.2, 0.25) is 0 Å². The Morgan fingerprint density at radius 3 is 2.78 bits per heavy atom. The first-order valence-corrected chi connectivity index (χ1v) is 6.92. The molecule has 3 N–H and O–H groups in total. The molecule has 0 aliphatic carbocycles. The highest BCUT2D eigenvalue weighted by Crippen LogP contribution is 2.34. The molecule has 2 bridgehead atoms. The van der Waals surface area contributed by atoms with Gasteiger partial charge in [0.1, 0.15) is 0 Å². The Balaban J connectivity index is 1.63. The normalized spacial score (nSPS) is 31.7. The summed E-state index contributed by atoms with van der Waals surface area (Å²) in [4.78, 5) is 11.7. The molecule has 0 radical (unpaired) electrons. The topological polar surface area (TPSA) is 70.6 Å². The van der Waals surface area contributed by atoms with Crippen molar-refractivity contribution in [2.75, 3.05) is 6.54 Å². The molecule has 0 saturated carbocycles. The maximum atomic E-state index is 11.7. The summed E-state index contributed by atoms with van der Waals surface area (Å²) in [6.45, 7) is 4.41. The average Bonchev–Trinajstić information content (AvgIpc) is 2.87. The molecular formula is C13H24N2O3. The number of aliphatic hydroxyl groups is 1. The number of ether oxygens (including phenoxy) is 1. The molecule has 2 fully saturated rings. The number of nitrogens with one attached hydrogen (secondary N) is 2. The summed E-state index contributed by atoms with van der Waals surface area (Å²) >= 11 is 0. The lowest BCUT2D eigenvalue weighted by atomic mass is 9.96. The lowest BCUT2D eigenvalue weighted by molar-refractivity contribution is 0.0978. The van der Waals surface area contributed by atoms with Crippen LogP contribution in [0, 0.1) is 5.92 Å². The van der Waals surface area contributed by atoms with Crippen molar-refractivity contribution in [1.29, 1.82) is 0 Å². The molecule has 5 heteroatoms. The Hall–Kier alpha value is -0.810. The first-order chi connectivity index (χ1) is 8.54. The third-order valence-corrected chi connectivity index (χ3v) is 3.66. The van der Waals surface area contributed by atoms with Crippen molar-refractivity contribution in [2.45, 2.75) is 63.9 Å². The molecule has 104 valence electrons. The molecular weight excluding hydrogens is 232 g/mol. The summed E-state index contributed by atoms with van der Waals surface area (Å²) in [6.07, 6.45) is 3.87. The molecule has 0 aromatic carbocycles. The molecule has 2 heterocycles. The summed E-state index contributed by atoms with van der Waals surface area (Å²) in [5.74, 6) is 0.434. The molecule has 2 aliphatic heterocycles. The van der Waals surface area contributed by atoms with E-state index in [9.17, 15) is 9.90 Å². The summed E-state index contributed by atoms with van der Waals surface area (Å²) in [5, 5.41) is 15.3. The van der Waals surface area contributed by atoms with E-state index in [0.29, 0.717) is 25.0 Å². The van der Waals surface area contributed by atoms with Crippen LogP contribution in [-0.2, 0) is 4.74 Å². The SMILES string of the molecule is CC(C)CC(O)CNC(=O)NC1CC2CCC1O2. The van der Waals surface area contributed by atoms with E-state index in [1.54, 1.807) is 0 Å². The van der Waals surface area contributed by atoms with Crippen LogP contribution in [0.25, 0.3) is 0 Å². The molecule has 18 heavy (non-hydrogen) atoms. The van der Waals surface area contributed by atoms with Gasteiger partial charge in [-0.15, -0.1) is 0 Å². The molecule has 2 saturated heterocycles. The van der Waals surface area contributed by atoms with Gasteiger partial charge in [-0.3, -0.25) is 0 Å². The van der Waals surface area contributed by atoms with Crippen LogP contribution in [0.5, 0.6) is 0 Å². The maximum Gasteiger partial charge on any atom is 0.315 e. The van der Waals surface area contributed by atoms with E-state index in [2.05, 4.69) is 24.5 Å². The third-order valence-electron chi connectivity index (χ3n) is 3.66. The molecule has 2 aliphatic rings. The molecule has 0 aromatic heterocycles. The summed E-state index contributed by atoms with van der Waals surface area (Å²) in [6, 6.07) is -0.0510. The molecule has 4 unspecified atom stereocenters. The Bertz CT molecular complexity index is 296. The van der Waals surface area contributed by atoms with Gasteiger partial charge < -0.3 is 20.5 Å². The van der Waals surface area contributed by atoms with Crippen LogP contribution in [0.1, 0.15) is 39.5 Å². The second-order valence-electron chi connectivity index (χ2n) is 5.85. The summed E-state index contributed by atoms with van der Waals surface area (Å²) < 4.78 is 5.67. The van der Waals surface area contributed by atoms with E-state index in [1.807, 2.05) is 0 Å². The minimum Gasteiger partial charge on any atom is -0.391 e. The van der Waals surface area contributed by atoms with Gasteiger partial charge in [0, 0.05) is 6.54 Å². The minimum absolute atomic E-state index is 0.144. The predicted molar refractivity (Wildman–Crippen MR) is 68.3 cm³/mol. The fourth-order valence-corrected chi connectivity index (χ4v) is 2.85. The van der Waals surface area contributed by atoms with Gasteiger partial charge in [0.25, 0.3) is 0 Å². The number of carbonyl (C=O) groups excluding carboxylic acids is 1. The Morgan fingerprint density at radius 2 is 2.22 bits per heavy atom. The molecule has 2 rings (SSSR count). The molecule has 0 aromatic rings. The predicted octanol–water partition coefficient (Wildman–Crippen LogP) is 1.01. The van der Waals surface area contributed by atoms with Crippen molar-refractivity contribution in [3.05, 3.63) is 0 Å². The fraction of sp³-hybridized carbons (Fsp3) is 0.923. The van der Waals surface area contributed by atoms with E-state index in [1.165, 1.54) is 0 Å². The Labute approximate surface area is 108 Å². The summed E-state index contributed by atoms with van der Waals surface area (Å²) in [7, 11) is 0. The number of rotatable bonds is 5. The van der Waals surface area contributed by atoms with E-state index in [-0.39, 0.29) is 18.2 Å². The van der Waals surface area contributed by atoms with Gasteiger partial charge in [-0.05, 0) is 31.6 Å². The van der Waals surface area contributed by atoms with E-state index in [4.69, 9.17) is 4.74 Å². The van der Waals surface area contributed by atoms with Crippen molar-refractivity contribution in [3.63, 3.8) is 0 Å². The number of hydrogen-bond donors (Lipinski definition) is 3. The molecule has 5 nitrogen and oxygen atoms in total. The van der Waals surface area contributed by atoms with Gasteiger partial charge >= 0.3 is 6.03 Å². The van der Waals surface area contributed by atoms with Crippen molar-refractivity contribution in [2.24, 2.45) is 5.92 Å². The van der Waals surface area contributed by atoms with E-state index < -0.39 is 6.10 Å². The highest BCUT2D eigenvalue weighted by molar-refractivity contribution is 5.74. The van der Waals surface area contributed by atoms with Crippen molar-refractivity contribution >= 4 is 6.03 Å². The third kappa shape index (κ3) is 3.59. The van der Waals surface area contributed by atoms with E-state index >= 15 is 0 Å². The van der Waals surface area contributed by atoms with Crippen molar-refractivity contribution < 1.29 is 14.6 Å². The number of aliphatic hydroxyl groups excluding tert-OH is 1. The number of urea groups is 1. The van der Waals surface area contributed by atoms with Crippen LogP contribution < -0.4 is 10.6 Å². The maximum absolute atomic E-state index is 11.7. The Kier molecular flexibility index (Phi) is 4.45. The van der Waals surface area contributed by atoms with E-state index in [0.717, 1.165) is 19.3 Å². The van der Waals surface area contributed by atoms with Gasteiger partial charge in [0.15, 0.2) is 0 Å². The summed E-state index contributed by atoms with van der Waals surface area (Å²) in [5.41, 5.74) is 0. The van der Waals surface area contributed by atoms with Crippen LogP contribution in [0.3, 0.4) is 0 Å². The zero-order valence-electron chi connectivity index (χ0n) is 11.2. The second kappa shape index (κ2) is 5.89. The monoisotopic (exact) mass is 256 g/mol. The average molecular weight is 256 g/mol. The smallest absolute Gasteiger partial charge is 0.315 e. The number of carbonyl (C=O) groups is 1. The molecule has 0 spiro atoms. The standard InChI is InChI=1S/C13H24N2O3/c1-8(2)5-9(16)7-14-13(17)15-11-6-10-3-4-12(11)18-10/h8-12,16H,3-7H2,1-2H3,(H2,14,15,17). The van der Waals surface area contributed by atoms with Gasteiger partial charge in [-0.25, -0.2) is 4.79 Å². The van der Waals surface area contributed by atoms with Crippen molar-refractivity contribution in [3.8, 4) is 0 Å². The zero-order chi connectivity index (χ0) is 13.1. The molecule has 2 amide bonds. The first kappa shape index (κ1) is 13.6. The zero-order valence-corrected chi connectivity index (χ0v) is 11.2. The van der Waals surface area contributed by atoms with Crippen LogP contribution in [0.4, 0.5) is 4.79 Å². The number of fused-ring (bicyclic) bond motifs is 2. The van der Waals surface area contributed by atoms with Gasteiger partial charge in [-0.2, -0.15) is 0 Å². The second-order valence-corrected chi connectivity index (χ2v) is 5.85. The fourth-order valence-electron chi connectivity index (χ4n) is 2.85. The van der Waals surface area contributed by atoms with Crippen LogP contribution in [0.15, 0.2) is 0 Å². The highest BCUT2D eigenvalue weighted by Gasteiger charge is 2.41. The van der Waals surface area contributed by atoms with Gasteiger partial charge in [0.2, 0.25) is 0 Å². The molecule has 4 atom stereocenters. The van der Waals surface area contributed by atoms with Gasteiger partial charge in [-0.1, -0.05) is 13.8 Å². The number of hydrogen-bond acceptors (Lipinski definition) is 3. The largest absolute Gasteiger partial charge is 0.391 e. The lowest BCUT2D eigenvalue weighted by Gasteiger charge is -2.21. The number of amides is 2. The van der Waals surface area contributed by atoms with Crippen LogP contribution in [-0.4, -0.2) is 42.0 Å². The van der Waals surface area contributed by atoms with Gasteiger partial charge in [0.05, 0.1) is 24.4 Å². The highest BCUT2D eigenvalue weighted by atomic mass is 16.5. The van der Waals surface area contributed by atoms with Crippen LogP contribution >= 0.6 is 0 Å². The lowest BCUT2D eigenvalue weighted by Crippen LogP contribution is -2.48.